The number of rotatable bonds is 4. The summed E-state index contributed by atoms with van der Waals surface area (Å²) in [7, 11) is -3.55. The second kappa shape index (κ2) is 6.27. The topological polar surface area (TPSA) is 68.3 Å². The third kappa shape index (κ3) is 3.34. The number of anilines is 1. The molecule has 0 amide bonds. The molecule has 120 valence electrons. The number of thiophene rings is 1. The molecule has 0 bridgehead atoms. The molecule has 1 aliphatic rings. The minimum absolute atomic E-state index is 0.368. The van der Waals surface area contributed by atoms with Crippen LogP contribution < -0.4 is 4.72 Å². The first-order valence-corrected chi connectivity index (χ1v) is 10.3. The molecule has 0 aromatic carbocycles. The smallest absolute Gasteiger partial charge is 0.273 e. The summed E-state index contributed by atoms with van der Waals surface area (Å²) in [5, 5.41) is 2.38. The van der Waals surface area contributed by atoms with Gasteiger partial charge >= 0.3 is 0 Å². The first kappa shape index (κ1) is 15.9. The van der Waals surface area contributed by atoms with Crippen molar-refractivity contribution in [3.63, 3.8) is 0 Å². The van der Waals surface area contributed by atoms with E-state index in [1.54, 1.807) is 0 Å². The van der Waals surface area contributed by atoms with Crippen molar-refractivity contribution in [3.05, 3.63) is 27.6 Å². The van der Waals surface area contributed by atoms with Crippen molar-refractivity contribution in [3.8, 4) is 0 Å². The van der Waals surface area contributed by atoms with Gasteiger partial charge in [0.2, 0.25) is 0 Å². The number of aromatic nitrogens is 1. The highest BCUT2D eigenvalue weighted by atomic mass is 32.2. The maximum Gasteiger partial charge on any atom is 0.273 e. The minimum Gasteiger partial charge on any atom is -0.381 e. The Hall–Kier alpha value is -0.960. The van der Waals surface area contributed by atoms with Gasteiger partial charge in [0, 0.05) is 29.4 Å². The molecule has 8 heteroatoms. The van der Waals surface area contributed by atoms with Crippen LogP contribution in [0.2, 0.25) is 0 Å². The molecular weight excluding hydrogens is 340 g/mol. The molecule has 5 nitrogen and oxygen atoms in total. The zero-order chi connectivity index (χ0) is 15.7. The molecule has 22 heavy (non-hydrogen) atoms. The molecule has 3 rings (SSSR count). The van der Waals surface area contributed by atoms with E-state index in [-0.39, 0.29) is 0 Å². The lowest BCUT2D eigenvalue weighted by atomic mass is 9.98. The predicted octanol–water partition coefficient (Wildman–Crippen LogP) is 3.52. The van der Waals surface area contributed by atoms with Gasteiger partial charge in [-0.15, -0.1) is 22.7 Å². The SMILES string of the molecule is Cc1cc(C)c(S(=O)(=O)Nc2nc(C3CCOCC3)cs2)s1. The predicted molar refractivity (Wildman–Crippen MR) is 89.5 cm³/mol. The van der Waals surface area contributed by atoms with Gasteiger partial charge in [-0.2, -0.15) is 0 Å². The number of nitrogens with one attached hydrogen (secondary N) is 1. The fraction of sp³-hybridized carbons (Fsp3) is 0.500. The van der Waals surface area contributed by atoms with Crippen LogP contribution in [0.4, 0.5) is 5.13 Å². The third-order valence-electron chi connectivity index (χ3n) is 3.62. The summed E-state index contributed by atoms with van der Waals surface area (Å²) in [5.74, 6) is 0.369. The lowest BCUT2D eigenvalue weighted by Crippen LogP contribution is -2.15. The Kier molecular flexibility index (Phi) is 4.54. The van der Waals surface area contributed by atoms with Crippen LogP contribution in [-0.4, -0.2) is 26.6 Å². The first-order chi connectivity index (χ1) is 10.5. The average Bonchev–Trinajstić information content (AvgIpc) is 3.06. The molecule has 3 heterocycles. The second-order valence-electron chi connectivity index (χ2n) is 5.40. The summed E-state index contributed by atoms with van der Waals surface area (Å²) in [6, 6.07) is 1.88. The molecular formula is C14H18N2O3S3. The maximum absolute atomic E-state index is 12.5. The number of hydrogen-bond acceptors (Lipinski definition) is 6. The van der Waals surface area contributed by atoms with Crippen molar-refractivity contribution in [2.45, 2.75) is 36.8 Å². The van der Waals surface area contributed by atoms with Gasteiger partial charge in [-0.3, -0.25) is 4.72 Å². The molecule has 1 N–H and O–H groups in total. The molecule has 2 aromatic rings. The zero-order valence-corrected chi connectivity index (χ0v) is 14.9. The van der Waals surface area contributed by atoms with Crippen LogP contribution in [0.15, 0.2) is 15.7 Å². The Morgan fingerprint density at radius 1 is 1.32 bits per heavy atom. The molecule has 1 saturated heterocycles. The molecule has 0 unspecified atom stereocenters. The average molecular weight is 359 g/mol. The van der Waals surface area contributed by atoms with Crippen molar-refractivity contribution in [2.24, 2.45) is 0 Å². The number of hydrogen-bond donors (Lipinski definition) is 1. The van der Waals surface area contributed by atoms with E-state index < -0.39 is 10.0 Å². The van der Waals surface area contributed by atoms with Crippen LogP contribution in [0, 0.1) is 13.8 Å². The Balaban J connectivity index is 1.78. The normalized spacial score (nSPS) is 16.8. The number of nitrogens with zero attached hydrogens (tertiary/aromatic N) is 1. The standard InChI is InChI=1S/C14H18N2O3S3/c1-9-7-10(2)21-13(9)22(17,18)16-14-15-12(8-20-14)11-3-5-19-6-4-11/h7-8,11H,3-6H2,1-2H3,(H,15,16). The van der Waals surface area contributed by atoms with Gasteiger partial charge in [0.05, 0.1) is 5.69 Å². The lowest BCUT2D eigenvalue weighted by Gasteiger charge is -2.19. The van der Waals surface area contributed by atoms with E-state index >= 15 is 0 Å². The first-order valence-electron chi connectivity index (χ1n) is 7.09. The Morgan fingerprint density at radius 3 is 2.68 bits per heavy atom. The number of sulfonamides is 1. The highest BCUT2D eigenvalue weighted by Gasteiger charge is 2.23. The Morgan fingerprint density at radius 2 is 2.05 bits per heavy atom. The summed E-state index contributed by atoms with van der Waals surface area (Å²) in [5.41, 5.74) is 1.74. The van der Waals surface area contributed by atoms with E-state index in [2.05, 4.69) is 9.71 Å². The Labute approximate surface area is 138 Å². The molecule has 0 aliphatic carbocycles. The van der Waals surface area contributed by atoms with Crippen LogP contribution in [0.3, 0.4) is 0 Å². The van der Waals surface area contributed by atoms with Gasteiger partial charge in [-0.05, 0) is 38.3 Å². The molecule has 1 aliphatic heterocycles. The quantitative estimate of drug-likeness (QED) is 0.908. The van der Waals surface area contributed by atoms with E-state index in [0.717, 1.165) is 42.2 Å². The van der Waals surface area contributed by atoms with Crippen molar-refractivity contribution in [2.75, 3.05) is 17.9 Å². The highest BCUT2D eigenvalue weighted by molar-refractivity contribution is 7.95. The monoisotopic (exact) mass is 358 g/mol. The molecule has 1 fully saturated rings. The zero-order valence-electron chi connectivity index (χ0n) is 12.5. The van der Waals surface area contributed by atoms with E-state index in [4.69, 9.17) is 4.74 Å². The largest absolute Gasteiger partial charge is 0.381 e. The van der Waals surface area contributed by atoms with Crippen LogP contribution >= 0.6 is 22.7 Å². The van der Waals surface area contributed by atoms with Gasteiger partial charge in [-0.1, -0.05) is 0 Å². The fourth-order valence-corrected chi connectivity index (χ4v) is 6.28. The van der Waals surface area contributed by atoms with Crippen LogP contribution in [-0.2, 0) is 14.8 Å². The van der Waals surface area contributed by atoms with Crippen LogP contribution in [0.1, 0.15) is 34.9 Å². The van der Waals surface area contributed by atoms with Gasteiger partial charge in [0.25, 0.3) is 10.0 Å². The van der Waals surface area contributed by atoms with Crippen molar-refractivity contribution in [1.82, 2.24) is 4.98 Å². The van der Waals surface area contributed by atoms with Crippen molar-refractivity contribution >= 4 is 37.8 Å². The summed E-state index contributed by atoms with van der Waals surface area (Å²) >= 11 is 2.63. The minimum atomic E-state index is -3.55. The second-order valence-corrected chi connectivity index (χ2v) is 9.39. The lowest BCUT2D eigenvalue weighted by molar-refractivity contribution is 0.0846. The van der Waals surface area contributed by atoms with E-state index in [1.807, 2.05) is 25.3 Å². The molecule has 0 atom stereocenters. The number of ether oxygens (including phenoxy) is 1. The Bertz CT molecular complexity index is 758. The van der Waals surface area contributed by atoms with Crippen LogP contribution in [0.5, 0.6) is 0 Å². The van der Waals surface area contributed by atoms with Gasteiger partial charge in [0.1, 0.15) is 4.21 Å². The number of thiazole rings is 1. The fourth-order valence-electron chi connectivity index (χ4n) is 2.56. The highest BCUT2D eigenvalue weighted by Crippen LogP contribution is 2.32. The van der Waals surface area contributed by atoms with Gasteiger partial charge in [0.15, 0.2) is 5.13 Å². The van der Waals surface area contributed by atoms with Crippen molar-refractivity contribution in [1.29, 1.82) is 0 Å². The summed E-state index contributed by atoms with van der Waals surface area (Å²) in [6.07, 6.45) is 1.89. The van der Waals surface area contributed by atoms with Crippen LogP contribution in [0.25, 0.3) is 0 Å². The van der Waals surface area contributed by atoms with E-state index in [1.165, 1.54) is 22.7 Å². The number of aryl methyl sites for hydroxylation is 2. The summed E-state index contributed by atoms with van der Waals surface area (Å²) < 4.78 is 33.3. The van der Waals surface area contributed by atoms with E-state index in [0.29, 0.717) is 15.3 Å². The molecule has 0 radical (unpaired) electrons. The van der Waals surface area contributed by atoms with Crippen molar-refractivity contribution < 1.29 is 13.2 Å². The molecule has 0 saturated carbocycles. The maximum atomic E-state index is 12.5. The van der Waals surface area contributed by atoms with E-state index in [9.17, 15) is 8.42 Å². The summed E-state index contributed by atoms with van der Waals surface area (Å²) in [4.78, 5) is 5.44. The summed E-state index contributed by atoms with van der Waals surface area (Å²) in [6.45, 7) is 5.21. The molecule has 2 aromatic heterocycles. The van der Waals surface area contributed by atoms with Gasteiger partial charge in [-0.25, -0.2) is 13.4 Å². The molecule has 0 spiro atoms. The third-order valence-corrected chi connectivity index (χ3v) is 7.66. The van der Waals surface area contributed by atoms with Gasteiger partial charge < -0.3 is 4.74 Å².